The van der Waals surface area contributed by atoms with Crippen LogP contribution < -0.4 is 9.47 Å². The number of hydrogen-bond donors (Lipinski definition) is 0. The van der Waals surface area contributed by atoms with E-state index in [1.165, 1.54) is 17.1 Å². The molecule has 0 radical (unpaired) electrons. The van der Waals surface area contributed by atoms with Gasteiger partial charge >= 0.3 is 0 Å². The van der Waals surface area contributed by atoms with Crippen LogP contribution in [0.2, 0.25) is 5.02 Å². The fourth-order valence-electron chi connectivity index (χ4n) is 3.37. The number of likely N-dealkylation sites (N-methyl/N-ethyl adjacent to an activating group) is 1. The highest BCUT2D eigenvalue weighted by atomic mass is 35.5. The predicted octanol–water partition coefficient (Wildman–Crippen LogP) is 6.30. The number of ether oxygens (including phenoxy) is 2. The molecule has 0 aromatic heterocycles. The van der Waals surface area contributed by atoms with Crippen LogP contribution in [0.25, 0.3) is 16.8 Å². The zero-order valence-electron chi connectivity index (χ0n) is 17.1. The van der Waals surface area contributed by atoms with Crippen molar-refractivity contribution < 1.29 is 14.3 Å². The first-order valence-electron chi connectivity index (χ1n) is 9.73. The number of rotatable bonds is 6. The molecule has 0 spiro atoms. The van der Waals surface area contributed by atoms with Gasteiger partial charge in [-0.1, -0.05) is 72.0 Å². The largest absolute Gasteiger partial charge is 0.493 e. The quantitative estimate of drug-likeness (QED) is 0.313. The molecule has 0 unspecified atom stereocenters. The van der Waals surface area contributed by atoms with Crippen molar-refractivity contribution >= 4 is 62.7 Å². The van der Waals surface area contributed by atoms with Crippen molar-refractivity contribution in [3.63, 3.8) is 0 Å². The number of carbonyl (C=O) groups is 1. The standard InChI is InChI=1S/C24H20ClNO3S2/c1-3-26-23(27)21(31-24(26)30)13-16-11-19(25)22(20(12-16)28-2)29-14-15-8-9-17-6-4-5-7-18(17)10-15/h4-13H,3,14H2,1-2H3/b21-13-. The number of carbonyl (C=O) groups excluding carboxylic acids is 1. The van der Waals surface area contributed by atoms with Crippen LogP contribution in [0.3, 0.4) is 0 Å². The first kappa shape index (κ1) is 21.7. The van der Waals surface area contributed by atoms with Gasteiger partial charge in [0.05, 0.1) is 17.0 Å². The lowest BCUT2D eigenvalue weighted by atomic mass is 10.1. The third kappa shape index (κ3) is 4.56. The second kappa shape index (κ2) is 9.30. The number of amides is 1. The van der Waals surface area contributed by atoms with E-state index >= 15 is 0 Å². The van der Waals surface area contributed by atoms with Crippen molar-refractivity contribution in [3.05, 3.63) is 75.7 Å². The highest BCUT2D eigenvalue weighted by Crippen LogP contribution is 2.39. The van der Waals surface area contributed by atoms with Gasteiger partial charge in [-0.15, -0.1) is 0 Å². The van der Waals surface area contributed by atoms with Crippen LogP contribution in [0.15, 0.2) is 59.5 Å². The highest BCUT2D eigenvalue weighted by molar-refractivity contribution is 8.26. The SMILES string of the molecule is CCN1C(=O)/C(=C/c2cc(Cl)c(OCc3ccc4ccccc4c3)c(OC)c2)SC1=S. The van der Waals surface area contributed by atoms with E-state index in [0.29, 0.717) is 38.9 Å². The van der Waals surface area contributed by atoms with Gasteiger partial charge < -0.3 is 9.47 Å². The van der Waals surface area contributed by atoms with Gasteiger partial charge in [0.2, 0.25) is 0 Å². The monoisotopic (exact) mass is 469 g/mol. The minimum atomic E-state index is -0.0933. The van der Waals surface area contributed by atoms with E-state index in [4.69, 9.17) is 33.3 Å². The van der Waals surface area contributed by atoms with Gasteiger partial charge in [0.1, 0.15) is 10.9 Å². The van der Waals surface area contributed by atoms with E-state index < -0.39 is 0 Å². The summed E-state index contributed by atoms with van der Waals surface area (Å²) in [6.07, 6.45) is 1.77. The number of benzene rings is 3. The molecule has 1 aliphatic heterocycles. The van der Waals surface area contributed by atoms with Crippen LogP contribution in [0.4, 0.5) is 0 Å². The molecule has 3 aromatic rings. The molecule has 0 bridgehead atoms. The number of nitrogens with zero attached hydrogens (tertiary/aromatic N) is 1. The molecule has 4 nitrogen and oxygen atoms in total. The number of thiocarbonyl (C=S) groups is 1. The smallest absolute Gasteiger partial charge is 0.266 e. The number of thioether (sulfide) groups is 1. The Morgan fingerprint density at radius 2 is 1.90 bits per heavy atom. The summed E-state index contributed by atoms with van der Waals surface area (Å²) in [6.45, 7) is 2.80. The van der Waals surface area contributed by atoms with Gasteiger partial charge in [0, 0.05) is 6.54 Å². The molecule has 31 heavy (non-hydrogen) atoms. The summed E-state index contributed by atoms with van der Waals surface area (Å²) in [5.41, 5.74) is 1.78. The maximum atomic E-state index is 12.5. The van der Waals surface area contributed by atoms with Gasteiger partial charge in [-0.3, -0.25) is 9.69 Å². The van der Waals surface area contributed by atoms with Crippen LogP contribution in [0.1, 0.15) is 18.1 Å². The van der Waals surface area contributed by atoms with E-state index in [1.54, 1.807) is 30.2 Å². The number of halogens is 1. The Balaban J connectivity index is 1.57. The van der Waals surface area contributed by atoms with E-state index in [-0.39, 0.29) is 5.91 Å². The second-order valence-corrected chi connectivity index (χ2v) is 9.01. The summed E-state index contributed by atoms with van der Waals surface area (Å²) in [7, 11) is 1.56. The van der Waals surface area contributed by atoms with Crippen molar-refractivity contribution in [2.45, 2.75) is 13.5 Å². The molecule has 0 saturated carbocycles. The average Bonchev–Trinajstić information content (AvgIpc) is 3.04. The lowest BCUT2D eigenvalue weighted by Crippen LogP contribution is -2.27. The molecule has 1 aliphatic rings. The van der Waals surface area contributed by atoms with Gasteiger partial charge in [-0.2, -0.15) is 0 Å². The molecular weight excluding hydrogens is 450 g/mol. The van der Waals surface area contributed by atoms with Crippen LogP contribution in [-0.2, 0) is 11.4 Å². The molecule has 4 rings (SSSR count). The van der Waals surface area contributed by atoms with E-state index in [0.717, 1.165) is 16.5 Å². The molecule has 1 saturated heterocycles. The molecule has 7 heteroatoms. The Morgan fingerprint density at radius 1 is 1.13 bits per heavy atom. The summed E-state index contributed by atoms with van der Waals surface area (Å²) in [4.78, 5) is 14.6. The number of hydrogen-bond acceptors (Lipinski definition) is 5. The van der Waals surface area contributed by atoms with E-state index in [2.05, 4.69) is 24.3 Å². The van der Waals surface area contributed by atoms with Crippen LogP contribution in [0, 0.1) is 0 Å². The third-order valence-electron chi connectivity index (χ3n) is 4.94. The van der Waals surface area contributed by atoms with Crippen molar-refractivity contribution in [2.24, 2.45) is 0 Å². The Morgan fingerprint density at radius 3 is 2.61 bits per heavy atom. The molecule has 1 amide bonds. The van der Waals surface area contributed by atoms with Crippen LogP contribution >= 0.6 is 35.6 Å². The Kier molecular flexibility index (Phi) is 6.51. The maximum absolute atomic E-state index is 12.5. The minimum Gasteiger partial charge on any atom is -0.493 e. The first-order chi connectivity index (χ1) is 15.0. The molecule has 1 heterocycles. The Labute approximate surface area is 195 Å². The summed E-state index contributed by atoms with van der Waals surface area (Å²) < 4.78 is 12.1. The molecule has 1 fully saturated rings. The zero-order valence-corrected chi connectivity index (χ0v) is 19.4. The summed E-state index contributed by atoms with van der Waals surface area (Å²) >= 11 is 13.1. The normalized spacial score (nSPS) is 15.2. The van der Waals surface area contributed by atoms with Crippen LogP contribution in [0.5, 0.6) is 11.5 Å². The molecule has 158 valence electrons. The summed E-state index contributed by atoms with van der Waals surface area (Å²) in [5.74, 6) is 0.880. The van der Waals surface area contributed by atoms with Gasteiger partial charge in [-0.05, 0) is 53.1 Å². The molecule has 0 N–H and O–H groups in total. The van der Waals surface area contributed by atoms with Crippen molar-refractivity contribution in [2.75, 3.05) is 13.7 Å². The number of fused-ring (bicyclic) bond motifs is 1. The summed E-state index contributed by atoms with van der Waals surface area (Å²) in [5, 5.41) is 2.75. The second-order valence-electron chi connectivity index (χ2n) is 6.93. The summed E-state index contributed by atoms with van der Waals surface area (Å²) in [6, 6.07) is 18.0. The first-order valence-corrected chi connectivity index (χ1v) is 11.3. The minimum absolute atomic E-state index is 0.0933. The van der Waals surface area contributed by atoms with Gasteiger partial charge in [0.25, 0.3) is 5.91 Å². The third-order valence-corrected chi connectivity index (χ3v) is 6.59. The lowest BCUT2D eigenvalue weighted by Gasteiger charge is -2.14. The van der Waals surface area contributed by atoms with Crippen molar-refractivity contribution in [3.8, 4) is 11.5 Å². The van der Waals surface area contributed by atoms with Crippen molar-refractivity contribution in [1.29, 1.82) is 0 Å². The topological polar surface area (TPSA) is 38.8 Å². The lowest BCUT2D eigenvalue weighted by molar-refractivity contribution is -0.121. The molecule has 3 aromatic carbocycles. The van der Waals surface area contributed by atoms with Crippen molar-refractivity contribution in [1.82, 2.24) is 4.90 Å². The molecular formula is C24H20ClNO3S2. The van der Waals surface area contributed by atoms with E-state index in [9.17, 15) is 4.79 Å². The van der Waals surface area contributed by atoms with Gasteiger partial charge in [-0.25, -0.2) is 0 Å². The number of methoxy groups -OCH3 is 1. The fourth-order valence-corrected chi connectivity index (χ4v) is 5.03. The zero-order chi connectivity index (χ0) is 22.0. The van der Waals surface area contributed by atoms with E-state index in [1.807, 2.05) is 25.1 Å². The highest BCUT2D eigenvalue weighted by Gasteiger charge is 2.30. The fraction of sp³-hybridized carbons (Fsp3) is 0.167. The maximum Gasteiger partial charge on any atom is 0.266 e. The van der Waals surface area contributed by atoms with Crippen LogP contribution in [-0.4, -0.2) is 28.8 Å². The van der Waals surface area contributed by atoms with Gasteiger partial charge in [0.15, 0.2) is 11.5 Å². The Hall–Kier alpha value is -2.54. The predicted molar refractivity (Wildman–Crippen MR) is 132 cm³/mol. The Bertz CT molecular complexity index is 1210. The average molecular weight is 470 g/mol. The molecule has 0 atom stereocenters. The molecule has 0 aliphatic carbocycles.